The van der Waals surface area contributed by atoms with Gasteiger partial charge < -0.3 is 24.8 Å². The summed E-state index contributed by atoms with van der Waals surface area (Å²) in [5.41, 5.74) is 17.6. The number of hydrogen-bond donors (Lipinski definition) is 0. The van der Waals surface area contributed by atoms with E-state index in [-0.39, 0.29) is 46.5 Å². The van der Waals surface area contributed by atoms with Crippen molar-refractivity contribution in [2.45, 2.75) is 164 Å². The maximum absolute atomic E-state index is 3.90. The van der Waals surface area contributed by atoms with Crippen molar-refractivity contribution in [1.29, 1.82) is 0 Å². The molecule has 0 amide bonds. The summed E-state index contributed by atoms with van der Waals surface area (Å²) < 4.78 is 1.45. The molecule has 0 fully saturated rings. The van der Waals surface area contributed by atoms with Crippen molar-refractivity contribution in [3.8, 4) is 11.1 Å². The van der Waals surface area contributed by atoms with Crippen LogP contribution in [0.5, 0.6) is 0 Å². The summed E-state index contributed by atoms with van der Waals surface area (Å²) in [6.45, 7) is 32.5. The van der Waals surface area contributed by atoms with Gasteiger partial charge in [0.25, 0.3) is 0 Å². The van der Waals surface area contributed by atoms with Crippen molar-refractivity contribution in [3.63, 3.8) is 0 Å². The van der Waals surface area contributed by atoms with E-state index in [0.717, 1.165) is 6.42 Å². The van der Waals surface area contributed by atoms with E-state index in [2.05, 4.69) is 170 Å². The monoisotopic (exact) mass is 892 g/mol. The molecule has 58 heavy (non-hydrogen) atoms. The molecule has 0 nitrogen and oxygen atoms in total. The van der Waals surface area contributed by atoms with Crippen LogP contribution in [0.2, 0.25) is 0 Å². The fraction of sp³-hybridized carbons (Fsp3) is 0.455. The van der Waals surface area contributed by atoms with Crippen molar-refractivity contribution in [1.82, 2.24) is 0 Å². The first-order chi connectivity index (χ1) is 26.1. The predicted octanol–water partition coefficient (Wildman–Crippen LogP) is 9.15. The van der Waals surface area contributed by atoms with Gasteiger partial charge in [-0.25, -0.2) is 12.1 Å². The van der Waals surface area contributed by atoms with Crippen LogP contribution in [-0.2, 0) is 65.2 Å². The number of hydrogen-bond acceptors (Lipinski definition) is 0. The van der Waals surface area contributed by atoms with Crippen LogP contribution in [0.4, 0.5) is 0 Å². The van der Waals surface area contributed by atoms with Crippen LogP contribution in [0.25, 0.3) is 11.1 Å². The summed E-state index contributed by atoms with van der Waals surface area (Å²) >= 11 is 1.48. The fourth-order valence-corrected chi connectivity index (χ4v) is 8.37. The molecular weight excluding hydrogens is 823 g/mol. The number of unbranched alkanes of at least 4 members (excludes halogenated alkanes) is 2. The maximum Gasteiger partial charge on any atom is -0.172 e. The Bertz CT molecular complexity index is 1850. The predicted molar refractivity (Wildman–Crippen MR) is 244 cm³/mol. The first-order valence-corrected chi connectivity index (χ1v) is 22.6. The van der Waals surface area contributed by atoms with Crippen molar-refractivity contribution in [3.05, 3.63) is 159 Å². The molecule has 0 unspecified atom stereocenters. The molecule has 0 N–H and O–H groups in total. The minimum atomic E-state index is 0. The average molecular weight is 895 g/mol. The molecule has 0 heterocycles. The Morgan fingerprint density at radius 3 is 1.34 bits per heavy atom. The smallest absolute Gasteiger partial charge is 0.172 e. The molecule has 0 radical (unpaired) electrons. The largest absolute Gasteiger partial charge is 1.00 e. The third-order valence-electron chi connectivity index (χ3n) is 10.9. The molecule has 0 aromatic heterocycles. The minimum absolute atomic E-state index is 0. The quantitative estimate of drug-likeness (QED) is 0.134. The normalized spacial score (nSPS) is 12.1. The van der Waals surface area contributed by atoms with Gasteiger partial charge in [-0.2, -0.15) is 35.9 Å². The number of halogens is 2. The molecule has 3 heteroatoms. The van der Waals surface area contributed by atoms with Crippen LogP contribution in [0, 0.1) is 6.07 Å². The van der Waals surface area contributed by atoms with E-state index in [4.69, 9.17) is 0 Å². The van der Waals surface area contributed by atoms with Gasteiger partial charge in [0.2, 0.25) is 0 Å². The van der Waals surface area contributed by atoms with Crippen molar-refractivity contribution in [2.75, 3.05) is 0 Å². The fourth-order valence-electron chi connectivity index (χ4n) is 7.55. The Morgan fingerprint density at radius 2 is 0.983 bits per heavy atom. The molecule has 0 aliphatic heterocycles. The maximum atomic E-state index is 3.90. The zero-order valence-electron chi connectivity index (χ0n) is 38.4. The molecule has 0 saturated carbocycles. The van der Waals surface area contributed by atoms with Gasteiger partial charge in [0.05, 0.1) is 0 Å². The molecule has 0 bridgehead atoms. The molecule has 1 aliphatic rings. The average Bonchev–Trinajstić information content (AvgIpc) is 3.83. The van der Waals surface area contributed by atoms with Crippen LogP contribution >= 0.6 is 0 Å². The summed E-state index contributed by atoms with van der Waals surface area (Å²) in [4.78, 5) is 0. The second-order valence-electron chi connectivity index (χ2n) is 20.1. The molecule has 0 spiro atoms. The van der Waals surface area contributed by atoms with E-state index < -0.39 is 0 Å². The number of aryl methyl sites for hydroxylation is 2. The Morgan fingerprint density at radius 1 is 0.569 bits per heavy atom. The third kappa shape index (κ3) is 14.1. The SMILES string of the molecule is CC(C)(C)c1[c-]c2c(cc1C(C)(C)C)-c1cc(C(C)(C)C)c(C(C)(C)C)cc1C2.CCCCc1ccc([C](=[Zr+2])c2ccc(CCCC)cc2)cc1.[Cl-].[Cl-].c1cc[cH-]c1. The number of rotatable bonds is 8. The Balaban J connectivity index is 0.000000354. The molecule has 0 atom stereocenters. The zero-order chi connectivity index (χ0) is 41.5. The van der Waals surface area contributed by atoms with Gasteiger partial charge in [-0.15, -0.1) is 16.7 Å². The van der Waals surface area contributed by atoms with Gasteiger partial charge in [0, 0.05) is 0 Å². The van der Waals surface area contributed by atoms with Crippen LogP contribution in [0.15, 0.2) is 97.1 Å². The van der Waals surface area contributed by atoms with E-state index in [1.54, 1.807) is 0 Å². The minimum Gasteiger partial charge on any atom is -1.00 e. The molecule has 5 aromatic rings. The van der Waals surface area contributed by atoms with E-state index in [0.29, 0.717) is 0 Å². The summed E-state index contributed by atoms with van der Waals surface area (Å²) in [6.07, 6.45) is 8.51. The summed E-state index contributed by atoms with van der Waals surface area (Å²) in [5.74, 6) is 0. The van der Waals surface area contributed by atoms with Gasteiger partial charge in [0.15, 0.2) is 0 Å². The van der Waals surface area contributed by atoms with Crippen LogP contribution < -0.4 is 24.8 Å². The summed E-state index contributed by atoms with van der Waals surface area (Å²) in [6, 6.07) is 39.7. The van der Waals surface area contributed by atoms with Crippen molar-refractivity contribution in [2.24, 2.45) is 0 Å². The van der Waals surface area contributed by atoms with Crippen LogP contribution in [-0.4, -0.2) is 3.21 Å². The van der Waals surface area contributed by atoms with Gasteiger partial charge in [0.1, 0.15) is 0 Å². The Hall–Kier alpha value is -2.44. The van der Waals surface area contributed by atoms with Gasteiger partial charge >= 0.3 is 151 Å². The first kappa shape index (κ1) is 51.7. The second-order valence-corrected chi connectivity index (χ2v) is 21.3. The molecular formula is C55H72Cl2Zr-2. The van der Waals surface area contributed by atoms with Crippen molar-refractivity contribution >= 4 is 3.21 Å². The van der Waals surface area contributed by atoms with Crippen LogP contribution in [0.3, 0.4) is 0 Å². The van der Waals surface area contributed by atoms with Crippen molar-refractivity contribution < 1.29 is 49.0 Å². The third-order valence-corrected chi connectivity index (χ3v) is 12.3. The molecule has 5 aromatic carbocycles. The Kier molecular flexibility index (Phi) is 19.5. The standard InChI is InChI=1S/C29H41.C21H26.C5H5.2ClH.Zr/c1-26(2,3)22-14-18-13-19-15-23(27(4,5)6)25(29(10,11)12)17-21(19)20(18)16-24(22)28(7,8)9;1-3-5-7-18-9-13-20(14-10-18)17-21-15-11-19(12-16-21)8-6-4-2;1-2-4-5-3-1;;;/h14,16-17H,13H2,1-12H3;9-16H,3-8H2,1-2H3;1-5H;2*1H;/q-1;;-1;;;+2/p-2. The van der Waals surface area contributed by atoms with Crippen LogP contribution in [0.1, 0.15) is 178 Å². The first-order valence-electron chi connectivity index (χ1n) is 21.4. The van der Waals surface area contributed by atoms with E-state index >= 15 is 0 Å². The van der Waals surface area contributed by atoms with E-state index in [1.807, 2.05) is 30.3 Å². The molecule has 312 valence electrons. The van der Waals surface area contributed by atoms with Gasteiger partial charge in [-0.1, -0.05) is 106 Å². The Labute approximate surface area is 383 Å². The number of benzene rings is 4. The summed E-state index contributed by atoms with van der Waals surface area (Å²) in [5, 5.41) is 0. The van der Waals surface area contributed by atoms with Gasteiger partial charge in [-0.05, 0) is 39.4 Å². The molecule has 1 aliphatic carbocycles. The zero-order valence-corrected chi connectivity index (χ0v) is 42.4. The van der Waals surface area contributed by atoms with E-state index in [1.165, 1.54) is 133 Å². The van der Waals surface area contributed by atoms with E-state index in [9.17, 15) is 0 Å². The van der Waals surface area contributed by atoms with Gasteiger partial charge in [-0.3, -0.25) is 0 Å². The topological polar surface area (TPSA) is 0 Å². The number of fused-ring (bicyclic) bond motifs is 3. The molecule has 0 saturated heterocycles. The second kappa shape index (κ2) is 21.9. The summed E-state index contributed by atoms with van der Waals surface area (Å²) in [7, 11) is 0. The molecule has 6 rings (SSSR count).